The van der Waals surface area contributed by atoms with Crippen LogP contribution in [0.4, 0.5) is 0 Å². The van der Waals surface area contributed by atoms with Crippen LogP contribution in [0.25, 0.3) is 28.8 Å². The highest BCUT2D eigenvalue weighted by atomic mass is 32.1. The number of hydrogen-bond acceptors (Lipinski definition) is 25. The molecule has 0 aliphatic rings. The summed E-state index contributed by atoms with van der Waals surface area (Å²) in [5, 5.41) is 56.8. The molecule has 12 aromatic rings. The number of ether oxygens (including phenoxy) is 5. The molecule has 12 rings (SSSR count). The van der Waals surface area contributed by atoms with Gasteiger partial charge in [0, 0.05) is 125 Å². The Kier molecular flexibility index (Phi) is 16.8. The lowest BCUT2D eigenvalue weighted by atomic mass is 10.2. The Bertz CT molecular complexity index is 4640. The van der Waals surface area contributed by atoms with Gasteiger partial charge in [-0.15, -0.1) is 72.2 Å². The highest BCUT2D eigenvalue weighted by molar-refractivity contribution is 7.12. The minimum absolute atomic E-state index is 0.110. The molecule has 0 atom stereocenters. The van der Waals surface area contributed by atoms with E-state index in [0.717, 1.165) is 55.3 Å². The second-order valence-electron chi connectivity index (χ2n) is 16.5. The van der Waals surface area contributed by atoms with Crippen molar-refractivity contribution in [3.05, 3.63) is 156 Å². The number of tetrazole rings is 4. The molecule has 0 saturated heterocycles. The Labute approximate surface area is 493 Å². The first-order valence-electron chi connectivity index (χ1n) is 25.9. The summed E-state index contributed by atoms with van der Waals surface area (Å²) >= 11 is 5.60. The zero-order valence-electron chi connectivity index (χ0n) is 48.9. The molecule has 0 amide bonds. The van der Waals surface area contributed by atoms with Gasteiger partial charge in [0.2, 0.25) is 23.5 Å². The first-order chi connectivity index (χ1) is 42.3. The van der Waals surface area contributed by atoms with Crippen LogP contribution < -0.4 is 46.4 Å². The number of terminal acetylenes is 1. The van der Waals surface area contributed by atoms with Crippen LogP contribution in [-0.4, -0.2) is 127 Å². The number of H-pyrrole nitrogens is 4. The lowest BCUT2D eigenvalue weighted by molar-refractivity contribution is 0.280. The third-order valence-electron chi connectivity index (χ3n) is 11.3. The van der Waals surface area contributed by atoms with Gasteiger partial charge >= 0.3 is 22.8 Å². The highest BCUT2D eigenvalue weighted by Crippen LogP contribution is 2.34. The van der Waals surface area contributed by atoms with E-state index < -0.39 is 0 Å². The Balaban J connectivity index is 0.000000140. The molecule has 12 heterocycles. The maximum absolute atomic E-state index is 12.0. The number of rotatable bonds is 19. The van der Waals surface area contributed by atoms with Crippen molar-refractivity contribution in [3.8, 4) is 63.7 Å². The fourth-order valence-electron chi connectivity index (χ4n) is 7.07. The number of nitrogens with one attached hydrogen (secondary N) is 4. The van der Waals surface area contributed by atoms with Gasteiger partial charge in [0.1, 0.15) is 26.4 Å². The monoisotopic (exact) mass is 1230 g/mol. The maximum atomic E-state index is 12.0. The molecule has 0 aliphatic carbocycles. The zero-order chi connectivity index (χ0) is 62.8. The summed E-state index contributed by atoms with van der Waals surface area (Å²) in [6.07, 6.45) is 13.0. The average molecular weight is 1230 g/mol. The van der Waals surface area contributed by atoms with Crippen LogP contribution in [-0.2, 0) is 54.6 Å². The van der Waals surface area contributed by atoms with E-state index in [4.69, 9.17) is 35.8 Å². The van der Waals surface area contributed by atoms with Crippen molar-refractivity contribution in [3.63, 3.8) is 0 Å². The lowest BCUT2D eigenvalue weighted by Crippen LogP contribution is -2.22. The maximum Gasteiger partial charge on any atom is 0.368 e. The van der Waals surface area contributed by atoms with Crippen molar-refractivity contribution >= 4 is 51.4 Å². The molecule has 0 aromatic carbocycles. The predicted molar refractivity (Wildman–Crippen MR) is 304 cm³/mol. The average Bonchev–Trinajstić information content (AvgIpc) is 3.32. The van der Waals surface area contributed by atoms with Gasteiger partial charge in [-0.05, 0) is 55.6 Å². The third kappa shape index (κ3) is 13.1. The molecule has 0 aliphatic heterocycles. The molecule has 37 heteroatoms. The molecule has 0 fully saturated rings. The van der Waals surface area contributed by atoms with Crippen molar-refractivity contribution in [2.24, 2.45) is 28.2 Å². The van der Waals surface area contributed by atoms with Crippen molar-refractivity contribution in [1.82, 2.24) is 120 Å². The van der Waals surface area contributed by atoms with E-state index >= 15 is 0 Å². The molecule has 0 spiro atoms. The summed E-state index contributed by atoms with van der Waals surface area (Å²) in [5.41, 5.74) is 3.89. The number of hydrogen-bond donors (Lipinski definition) is 4. The van der Waals surface area contributed by atoms with Gasteiger partial charge in [-0.25, -0.2) is 19.2 Å². The van der Waals surface area contributed by atoms with E-state index in [1.165, 1.54) is 115 Å². The predicted octanol–water partition coefficient (Wildman–Crippen LogP) is 2.65. The highest BCUT2D eigenvalue weighted by Gasteiger charge is 2.22. The largest absolute Gasteiger partial charge is 0.484 e. The van der Waals surface area contributed by atoms with Crippen molar-refractivity contribution in [2.75, 3.05) is 6.61 Å². The molecular formula is C47H48N24O9S4. The molecule has 434 valence electrons. The van der Waals surface area contributed by atoms with Crippen LogP contribution in [0.1, 0.15) is 43.8 Å². The number of thiophene rings is 4. The quantitative estimate of drug-likeness (QED) is 0.0845. The van der Waals surface area contributed by atoms with E-state index in [9.17, 15) is 19.2 Å². The lowest BCUT2D eigenvalue weighted by Gasteiger charge is -2.07. The van der Waals surface area contributed by atoms with Crippen LogP contribution in [0, 0.1) is 19.3 Å². The summed E-state index contributed by atoms with van der Waals surface area (Å²) in [7, 11) is 6.11. The summed E-state index contributed by atoms with van der Waals surface area (Å²) in [6.45, 7) is 8.73. The van der Waals surface area contributed by atoms with Gasteiger partial charge in [0.15, 0.2) is 10.7 Å². The van der Waals surface area contributed by atoms with E-state index in [-0.39, 0.29) is 49.2 Å². The van der Waals surface area contributed by atoms with Gasteiger partial charge in [-0.3, -0.25) is 20.4 Å². The molecule has 4 N–H and O–H groups in total. The van der Waals surface area contributed by atoms with Gasteiger partial charge in [0.05, 0.1) is 39.8 Å². The van der Waals surface area contributed by atoms with Crippen molar-refractivity contribution < 1.29 is 29.3 Å². The van der Waals surface area contributed by atoms with Gasteiger partial charge in [0.25, 0.3) is 0 Å². The smallest absolute Gasteiger partial charge is 0.368 e. The van der Waals surface area contributed by atoms with Crippen LogP contribution in [0.5, 0.6) is 28.6 Å². The molecule has 33 nitrogen and oxygen atoms in total. The van der Waals surface area contributed by atoms with E-state index in [2.05, 4.69) is 74.6 Å². The fourth-order valence-corrected chi connectivity index (χ4v) is 10.6. The minimum Gasteiger partial charge on any atom is -0.484 e. The Morgan fingerprint density at radius 2 is 0.881 bits per heavy atom. The summed E-state index contributed by atoms with van der Waals surface area (Å²) < 4.78 is 66.4. The minimum atomic E-state index is -0.377. The van der Waals surface area contributed by atoms with Gasteiger partial charge in [-0.2, -0.15) is 37.5 Å². The Morgan fingerprint density at radius 3 is 1.26 bits per heavy atom. The van der Waals surface area contributed by atoms with Gasteiger partial charge in [-0.1, -0.05) is 18.6 Å². The summed E-state index contributed by atoms with van der Waals surface area (Å²) in [4.78, 5) is 50.5. The van der Waals surface area contributed by atoms with Crippen molar-refractivity contribution in [1.29, 1.82) is 0 Å². The molecule has 0 bridgehead atoms. The first-order valence-corrected chi connectivity index (χ1v) is 27.7. The zero-order valence-corrected chi connectivity index (χ0v) is 48.1. The second kappa shape index (κ2) is 26.8. The molecule has 0 unspecified atom stereocenters. The number of aromatic amines is 4. The number of aromatic nitrogens is 24. The standard InChI is InChI=1S/C12H14N6O3S.C12H12N6O2S.C12H10N6O2S.C11H12N6O2S/c1-3-20-11-8(6-21-10-4-5-13-14-10)9(7-22-11)18-12(19)17(2)15-16-18;2*1-3-10-8(6-20-11-4-5-13-14-11)9(7-21-10)18-12(19)17(2)15-16-18;1-7-8(5-19-10-3-4-12-13-10)9(6-20-7)17-11(18)16(2)14-15-17/h4-5,7H,3,6H2,1-2H3,(H,13,14);3-5,7H,1,6H2,2H3,(H,13,14);1,4-5,7H,6H2,2H3,(H,13,14);3-4,6H,5H2,1-2H3,(H,12,13)/i/hT4. The van der Waals surface area contributed by atoms with Crippen LogP contribution >= 0.6 is 45.3 Å². The SMILES string of the molecule is [3H]n1ccc(OCc2c(-n3nnn(C)c3=O)csc2C#C)n1.[3H]n1ccc(OCc2c(-n3nnn(C)c3=O)csc2C)n1.[3H]n1ccc(OCc2c(-n3nnn(C)c3=O)csc2C=C)n1.[3H]n1ccc(OCc2c(-n3nnn(C)c3=O)csc2OCC)n1. The normalized spacial score (nSPS) is 11.4. The Hall–Kier alpha value is -10.6. The third-order valence-corrected chi connectivity index (χ3v) is 15.1. The van der Waals surface area contributed by atoms with Crippen molar-refractivity contribution in [2.45, 2.75) is 40.3 Å². The van der Waals surface area contributed by atoms with Gasteiger partial charge < -0.3 is 23.7 Å². The van der Waals surface area contributed by atoms with Crippen LogP contribution in [0.3, 0.4) is 0 Å². The number of aryl methyl sites for hydroxylation is 5. The summed E-state index contributed by atoms with van der Waals surface area (Å²) in [6, 6.07) is 6.32. The fraction of sp³-hybridized carbons (Fsp3) is 0.234. The van der Waals surface area contributed by atoms with E-state index in [0.29, 0.717) is 73.9 Å². The molecular weight excluding hydrogens is 1170 g/mol. The van der Waals surface area contributed by atoms with Crippen LogP contribution in [0.2, 0.25) is 5.65 Å². The topological polar surface area (TPSA) is 372 Å². The molecule has 12 aromatic heterocycles. The molecule has 0 radical (unpaired) electrons. The molecule has 0 saturated carbocycles. The van der Waals surface area contributed by atoms with Crippen LogP contribution in [0.15, 0.2) is 96.3 Å². The first kappa shape index (κ1) is 52.8. The van der Waals surface area contributed by atoms with E-state index in [1.807, 2.05) is 19.2 Å². The number of nitrogens with zero attached hydrogens (tertiary/aromatic N) is 20. The Morgan fingerprint density at radius 1 is 0.524 bits per heavy atom. The van der Waals surface area contributed by atoms with E-state index in [1.54, 1.807) is 53.5 Å². The summed E-state index contributed by atoms with van der Waals surface area (Å²) in [5.74, 6) is 3.85. The molecule has 84 heavy (non-hydrogen) atoms. The second-order valence-corrected chi connectivity index (χ2v) is 20.3.